The summed E-state index contributed by atoms with van der Waals surface area (Å²) in [6.07, 6.45) is 6.55. The highest BCUT2D eigenvalue weighted by atomic mass is 16.4. The van der Waals surface area contributed by atoms with Crippen molar-refractivity contribution < 1.29 is 15.5 Å². The number of rotatable bonds is 4. The van der Waals surface area contributed by atoms with E-state index in [0.29, 0.717) is 12.1 Å². The molecule has 0 aromatic rings. The van der Waals surface area contributed by atoms with Crippen molar-refractivity contribution in [1.29, 1.82) is 0 Å². The van der Waals surface area contributed by atoms with E-state index in [-0.39, 0.29) is 17.2 Å². The molecule has 0 aromatic carbocycles. The number of nitrogens with zero attached hydrogens (tertiary/aromatic N) is 1. The van der Waals surface area contributed by atoms with Crippen LogP contribution in [0.25, 0.3) is 0 Å². The van der Waals surface area contributed by atoms with Crippen LogP contribution in [0, 0.1) is 5.92 Å². The zero-order valence-corrected chi connectivity index (χ0v) is 9.33. The third-order valence-corrected chi connectivity index (χ3v) is 2.87. The van der Waals surface area contributed by atoms with E-state index in [1.54, 1.807) is 0 Å². The second-order valence-corrected chi connectivity index (χ2v) is 3.96. The molecule has 0 saturated heterocycles. The van der Waals surface area contributed by atoms with Gasteiger partial charge in [-0.3, -0.25) is 4.79 Å². The molecule has 4 nitrogen and oxygen atoms in total. The largest absolute Gasteiger partial charge is 0.412 e. The Balaban J connectivity index is 0.00000196. The van der Waals surface area contributed by atoms with Crippen molar-refractivity contribution >= 4 is 11.5 Å². The Bertz CT molecular complexity index is 226. The maximum absolute atomic E-state index is 11.6. The Kier molecular flexibility index (Phi) is 6.96. The molecule has 1 atom stereocenters. The fraction of sp³-hybridized carbons (Fsp3) is 0.818. The summed E-state index contributed by atoms with van der Waals surface area (Å²) in [5.41, 5.74) is 0.706. The van der Waals surface area contributed by atoms with Crippen molar-refractivity contribution in [3.63, 3.8) is 0 Å². The van der Waals surface area contributed by atoms with E-state index < -0.39 is 0 Å². The van der Waals surface area contributed by atoms with E-state index in [4.69, 9.17) is 5.21 Å². The molecule has 1 fully saturated rings. The molecule has 88 valence electrons. The summed E-state index contributed by atoms with van der Waals surface area (Å²) in [5, 5.41) is 12.0. The zero-order chi connectivity index (χ0) is 10.4. The minimum absolute atomic E-state index is 0. The van der Waals surface area contributed by atoms with Crippen molar-refractivity contribution in [1.82, 2.24) is 0 Å². The van der Waals surface area contributed by atoms with Crippen molar-refractivity contribution in [2.75, 3.05) is 0 Å². The molecular weight excluding hydrogens is 194 g/mol. The summed E-state index contributed by atoms with van der Waals surface area (Å²) >= 11 is 0. The monoisotopic (exact) mass is 215 g/mol. The maximum Gasteiger partial charge on any atom is 0.141 e. The second kappa shape index (κ2) is 7.40. The molecule has 15 heavy (non-hydrogen) atoms. The van der Waals surface area contributed by atoms with Crippen LogP contribution < -0.4 is 0 Å². The predicted molar refractivity (Wildman–Crippen MR) is 59.3 cm³/mol. The van der Waals surface area contributed by atoms with Crippen LogP contribution in [0.4, 0.5) is 0 Å². The fourth-order valence-corrected chi connectivity index (χ4v) is 2.02. The second-order valence-electron chi connectivity index (χ2n) is 3.96. The van der Waals surface area contributed by atoms with Gasteiger partial charge in [-0.15, -0.1) is 0 Å². The van der Waals surface area contributed by atoms with Crippen LogP contribution in [0.3, 0.4) is 0 Å². The zero-order valence-electron chi connectivity index (χ0n) is 9.33. The van der Waals surface area contributed by atoms with Gasteiger partial charge >= 0.3 is 0 Å². The number of carbonyl (C=O) groups is 1. The van der Waals surface area contributed by atoms with Gasteiger partial charge in [0.25, 0.3) is 0 Å². The highest BCUT2D eigenvalue weighted by Gasteiger charge is 2.27. The van der Waals surface area contributed by atoms with Gasteiger partial charge < -0.3 is 10.7 Å². The number of hydrogen-bond acceptors (Lipinski definition) is 3. The van der Waals surface area contributed by atoms with Gasteiger partial charge in [-0.1, -0.05) is 31.3 Å². The standard InChI is InChI=1S/C11H19NO2.H2O/c1-2-3-4-6-9-10(12-14)7-5-8-11(9)13;/h9,14H,2-8H2,1H3;1H2. The molecule has 1 aliphatic rings. The van der Waals surface area contributed by atoms with Crippen LogP contribution in [-0.2, 0) is 4.79 Å². The van der Waals surface area contributed by atoms with E-state index in [1.165, 1.54) is 0 Å². The third kappa shape index (κ3) is 4.00. The van der Waals surface area contributed by atoms with E-state index in [2.05, 4.69) is 12.1 Å². The quantitative estimate of drug-likeness (QED) is 0.441. The van der Waals surface area contributed by atoms with Crippen LogP contribution in [0.15, 0.2) is 5.16 Å². The topological polar surface area (TPSA) is 81.2 Å². The van der Waals surface area contributed by atoms with Crippen molar-refractivity contribution in [3.05, 3.63) is 0 Å². The molecule has 4 heteroatoms. The van der Waals surface area contributed by atoms with Gasteiger partial charge in [0.2, 0.25) is 0 Å². The molecule has 1 unspecified atom stereocenters. The molecule has 0 aromatic heterocycles. The molecule has 1 aliphatic carbocycles. The first kappa shape index (κ1) is 14.1. The van der Waals surface area contributed by atoms with Crippen LogP contribution in [0.2, 0.25) is 0 Å². The third-order valence-electron chi connectivity index (χ3n) is 2.87. The summed E-state index contributed by atoms with van der Waals surface area (Å²) < 4.78 is 0. The number of unbranched alkanes of at least 4 members (excludes halogenated alkanes) is 2. The molecule has 3 N–H and O–H groups in total. The normalized spacial score (nSPS) is 23.9. The Labute approximate surface area is 90.7 Å². The van der Waals surface area contributed by atoms with Crippen molar-refractivity contribution in [3.8, 4) is 0 Å². The van der Waals surface area contributed by atoms with E-state index >= 15 is 0 Å². The molecule has 0 radical (unpaired) electrons. The molecule has 0 aliphatic heterocycles. The first-order valence-electron chi connectivity index (χ1n) is 5.53. The van der Waals surface area contributed by atoms with Crippen LogP contribution in [-0.4, -0.2) is 22.2 Å². The number of carbonyl (C=O) groups excluding carboxylic acids is 1. The van der Waals surface area contributed by atoms with Gasteiger partial charge in [0.15, 0.2) is 0 Å². The lowest BCUT2D eigenvalue weighted by Gasteiger charge is -2.21. The van der Waals surface area contributed by atoms with Gasteiger partial charge in [0.1, 0.15) is 5.78 Å². The van der Waals surface area contributed by atoms with E-state index in [9.17, 15) is 4.79 Å². The minimum atomic E-state index is -0.0831. The average molecular weight is 215 g/mol. The lowest BCUT2D eigenvalue weighted by atomic mass is 9.83. The minimum Gasteiger partial charge on any atom is -0.412 e. The first-order chi connectivity index (χ1) is 6.79. The van der Waals surface area contributed by atoms with Crippen LogP contribution in [0.5, 0.6) is 0 Å². The van der Waals surface area contributed by atoms with Gasteiger partial charge in [0, 0.05) is 6.42 Å². The number of Topliss-reactive ketones (excluding diaryl/α,β-unsaturated/α-hetero) is 1. The molecule has 1 saturated carbocycles. The first-order valence-corrected chi connectivity index (χ1v) is 5.53. The molecular formula is C11H21NO3. The molecule has 0 amide bonds. The van der Waals surface area contributed by atoms with Gasteiger partial charge in [0.05, 0.1) is 11.6 Å². The smallest absolute Gasteiger partial charge is 0.141 e. The highest BCUT2D eigenvalue weighted by Crippen LogP contribution is 2.23. The molecule has 0 spiro atoms. The average Bonchev–Trinajstić information content (AvgIpc) is 2.20. The predicted octanol–water partition coefficient (Wildman–Crippen LogP) is 1.94. The Hall–Kier alpha value is -0.900. The van der Waals surface area contributed by atoms with Gasteiger partial charge in [-0.25, -0.2) is 0 Å². The van der Waals surface area contributed by atoms with Crippen LogP contribution in [0.1, 0.15) is 51.9 Å². The Morgan fingerprint density at radius 1 is 1.40 bits per heavy atom. The number of hydrogen-bond donors (Lipinski definition) is 1. The fourth-order valence-electron chi connectivity index (χ4n) is 2.02. The summed E-state index contributed by atoms with van der Waals surface area (Å²) in [5.74, 6) is 0.181. The summed E-state index contributed by atoms with van der Waals surface area (Å²) in [7, 11) is 0. The van der Waals surface area contributed by atoms with Crippen molar-refractivity contribution in [2.24, 2.45) is 11.1 Å². The van der Waals surface area contributed by atoms with Crippen LogP contribution >= 0.6 is 0 Å². The Morgan fingerprint density at radius 3 is 2.73 bits per heavy atom. The maximum atomic E-state index is 11.6. The number of oxime groups is 1. The lowest BCUT2D eigenvalue weighted by Crippen LogP contribution is -2.28. The molecule has 0 bridgehead atoms. The number of ketones is 1. The van der Waals surface area contributed by atoms with E-state index in [0.717, 1.165) is 38.5 Å². The lowest BCUT2D eigenvalue weighted by molar-refractivity contribution is -0.121. The van der Waals surface area contributed by atoms with Crippen molar-refractivity contribution in [2.45, 2.75) is 51.9 Å². The molecule has 1 rings (SSSR count). The highest BCUT2D eigenvalue weighted by molar-refractivity contribution is 6.06. The summed E-state index contributed by atoms with van der Waals surface area (Å²) in [4.78, 5) is 11.6. The Morgan fingerprint density at radius 2 is 2.13 bits per heavy atom. The molecule has 0 heterocycles. The summed E-state index contributed by atoms with van der Waals surface area (Å²) in [6.45, 7) is 2.14. The van der Waals surface area contributed by atoms with Gasteiger partial charge in [-0.2, -0.15) is 0 Å². The van der Waals surface area contributed by atoms with Gasteiger partial charge in [-0.05, 0) is 19.3 Å². The van der Waals surface area contributed by atoms with E-state index in [1.807, 2.05) is 0 Å². The SMILES string of the molecule is CCCCCC1C(=O)CCCC1=NO.O. The summed E-state index contributed by atoms with van der Waals surface area (Å²) in [6, 6.07) is 0.